The van der Waals surface area contributed by atoms with Gasteiger partial charge >= 0.3 is 0 Å². The van der Waals surface area contributed by atoms with Crippen LogP contribution < -0.4 is 10.5 Å². The van der Waals surface area contributed by atoms with E-state index < -0.39 is 10.0 Å². The molecule has 3 rings (SSSR count). The second kappa shape index (κ2) is 9.88. The van der Waals surface area contributed by atoms with Crippen molar-refractivity contribution in [2.24, 2.45) is 5.14 Å². The van der Waals surface area contributed by atoms with E-state index in [0.717, 1.165) is 6.42 Å². The number of primary sulfonamides is 1. The Hall–Kier alpha value is -3.30. The third-order valence-electron chi connectivity index (χ3n) is 4.97. The zero-order valence-corrected chi connectivity index (χ0v) is 18.7. The Morgan fingerprint density at radius 3 is 2.41 bits per heavy atom. The van der Waals surface area contributed by atoms with Gasteiger partial charge in [-0.3, -0.25) is 9.59 Å². The van der Waals surface area contributed by atoms with Crippen LogP contribution in [0.1, 0.15) is 42.3 Å². The average Bonchev–Trinajstić information content (AvgIpc) is 3.16. The fourth-order valence-electron chi connectivity index (χ4n) is 3.35. The van der Waals surface area contributed by atoms with E-state index in [1.54, 1.807) is 43.3 Å². The second-order valence-electron chi connectivity index (χ2n) is 7.35. The molecular weight excluding hydrogens is 430 g/mol. The molecule has 0 saturated carbocycles. The van der Waals surface area contributed by atoms with Crippen LogP contribution in [-0.4, -0.2) is 31.8 Å². The molecule has 168 valence electrons. The van der Waals surface area contributed by atoms with E-state index in [4.69, 9.17) is 9.66 Å². The standard InChI is InChI=1S/C23H25N3O5S/c1-3-14-25-21(28)13-12-20(27)18-6-4-5-7-19(18)23-22(15(2)31-26-23)16-8-10-17(11-9-16)32(24,29)30/h4-11H,3,12-14H2,1-2H3,(H,25,28)(H2,24,29,30). The summed E-state index contributed by atoms with van der Waals surface area (Å²) in [5, 5.41) is 12.1. The minimum Gasteiger partial charge on any atom is -0.360 e. The van der Waals surface area contributed by atoms with Gasteiger partial charge in [-0.25, -0.2) is 13.6 Å². The highest BCUT2D eigenvalue weighted by molar-refractivity contribution is 7.89. The third-order valence-corrected chi connectivity index (χ3v) is 5.90. The number of sulfonamides is 1. The molecule has 0 fully saturated rings. The Balaban J connectivity index is 1.94. The molecule has 3 N–H and O–H groups in total. The fourth-order valence-corrected chi connectivity index (χ4v) is 3.87. The number of benzene rings is 2. The molecule has 1 aromatic heterocycles. The van der Waals surface area contributed by atoms with Crippen molar-refractivity contribution in [3.05, 3.63) is 59.9 Å². The molecule has 0 unspecified atom stereocenters. The van der Waals surface area contributed by atoms with Crippen molar-refractivity contribution in [3.63, 3.8) is 0 Å². The van der Waals surface area contributed by atoms with Crippen LogP contribution in [0, 0.1) is 6.92 Å². The lowest BCUT2D eigenvalue weighted by Gasteiger charge is -2.09. The molecule has 3 aromatic rings. The van der Waals surface area contributed by atoms with Crippen molar-refractivity contribution in [3.8, 4) is 22.4 Å². The Bertz CT molecular complexity index is 1230. The number of nitrogens with two attached hydrogens (primary N) is 1. The zero-order valence-electron chi connectivity index (χ0n) is 17.9. The van der Waals surface area contributed by atoms with E-state index in [2.05, 4.69) is 10.5 Å². The van der Waals surface area contributed by atoms with Crippen LogP contribution in [0.25, 0.3) is 22.4 Å². The molecule has 0 radical (unpaired) electrons. The smallest absolute Gasteiger partial charge is 0.238 e. The summed E-state index contributed by atoms with van der Waals surface area (Å²) < 4.78 is 28.5. The molecule has 0 aliphatic rings. The van der Waals surface area contributed by atoms with Crippen LogP contribution in [0.4, 0.5) is 0 Å². The number of ketones is 1. The lowest BCUT2D eigenvalue weighted by Crippen LogP contribution is -2.24. The molecule has 0 atom stereocenters. The zero-order chi connectivity index (χ0) is 23.3. The van der Waals surface area contributed by atoms with Gasteiger partial charge < -0.3 is 9.84 Å². The molecule has 0 aliphatic heterocycles. The van der Waals surface area contributed by atoms with Crippen molar-refractivity contribution >= 4 is 21.7 Å². The third kappa shape index (κ3) is 5.30. The molecular formula is C23H25N3O5S. The highest BCUT2D eigenvalue weighted by Gasteiger charge is 2.22. The topological polar surface area (TPSA) is 132 Å². The number of hydrogen-bond acceptors (Lipinski definition) is 6. The van der Waals surface area contributed by atoms with Crippen molar-refractivity contribution in [2.45, 2.75) is 38.0 Å². The minimum absolute atomic E-state index is 0.00571. The SMILES string of the molecule is CCCNC(=O)CCC(=O)c1ccccc1-c1noc(C)c1-c1ccc(S(N)(=O)=O)cc1. The Morgan fingerprint density at radius 1 is 1.06 bits per heavy atom. The highest BCUT2D eigenvalue weighted by Crippen LogP contribution is 2.36. The van der Waals surface area contributed by atoms with Crippen LogP contribution >= 0.6 is 0 Å². The molecule has 32 heavy (non-hydrogen) atoms. The normalized spacial score (nSPS) is 11.3. The van der Waals surface area contributed by atoms with Gasteiger partial charge in [-0.15, -0.1) is 0 Å². The Kier molecular flexibility index (Phi) is 7.22. The van der Waals surface area contributed by atoms with E-state index >= 15 is 0 Å². The summed E-state index contributed by atoms with van der Waals surface area (Å²) in [6, 6.07) is 13.1. The first-order valence-electron chi connectivity index (χ1n) is 10.2. The molecule has 1 amide bonds. The van der Waals surface area contributed by atoms with Gasteiger partial charge in [0.1, 0.15) is 11.5 Å². The van der Waals surface area contributed by atoms with Gasteiger partial charge in [0, 0.05) is 30.5 Å². The van der Waals surface area contributed by atoms with Crippen LogP contribution in [0.2, 0.25) is 0 Å². The lowest BCUT2D eigenvalue weighted by atomic mass is 9.93. The van der Waals surface area contributed by atoms with Crippen LogP contribution in [-0.2, 0) is 14.8 Å². The summed E-state index contributed by atoms with van der Waals surface area (Å²) in [6.45, 7) is 4.28. The molecule has 0 bridgehead atoms. The molecule has 0 spiro atoms. The number of Topliss-reactive ketones (excluding diaryl/α,β-unsaturated/α-hetero) is 1. The van der Waals surface area contributed by atoms with E-state index in [1.807, 2.05) is 6.92 Å². The van der Waals surface area contributed by atoms with Crippen molar-refractivity contribution in [1.82, 2.24) is 10.5 Å². The number of aromatic nitrogens is 1. The summed E-state index contributed by atoms with van der Waals surface area (Å²) in [7, 11) is -3.81. The predicted octanol–water partition coefficient (Wildman–Crippen LogP) is 3.45. The summed E-state index contributed by atoms with van der Waals surface area (Å²) in [4.78, 5) is 24.8. The number of nitrogens with one attached hydrogen (secondary N) is 1. The molecule has 0 aliphatic carbocycles. The van der Waals surface area contributed by atoms with Gasteiger partial charge in [0.25, 0.3) is 0 Å². The summed E-state index contributed by atoms with van der Waals surface area (Å²) in [6.07, 6.45) is 1.00. The predicted molar refractivity (Wildman–Crippen MR) is 120 cm³/mol. The van der Waals surface area contributed by atoms with E-state index in [1.165, 1.54) is 12.1 Å². The second-order valence-corrected chi connectivity index (χ2v) is 8.91. The molecule has 8 nitrogen and oxygen atoms in total. The average molecular weight is 456 g/mol. The first kappa shape index (κ1) is 23.4. The highest BCUT2D eigenvalue weighted by atomic mass is 32.2. The first-order valence-corrected chi connectivity index (χ1v) is 11.8. The summed E-state index contributed by atoms with van der Waals surface area (Å²) >= 11 is 0. The van der Waals surface area contributed by atoms with Gasteiger partial charge in [-0.2, -0.15) is 0 Å². The number of nitrogens with zero attached hydrogens (tertiary/aromatic N) is 1. The van der Waals surface area contributed by atoms with Crippen LogP contribution in [0.3, 0.4) is 0 Å². The number of aryl methyl sites for hydroxylation is 1. The van der Waals surface area contributed by atoms with E-state index in [9.17, 15) is 18.0 Å². The number of rotatable bonds is 9. The van der Waals surface area contributed by atoms with E-state index in [0.29, 0.717) is 40.3 Å². The van der Waals surface area contributed by atoms with Crippen LogP contribution in [0.15, 0.2) is 57.9 Å². The Labute approximate surface area is 186 Å². The minimum atomic E-state index is -3.81. The van der Waals surface area contributed by atoms with Gasteiger partial charge in [0.15, 0.2) is 5.78 Å². The van der Waals surface area contributed by atoms with Gasteiger partial charge in [-0.1, -0.05) is 48.5 Å². The maximum absolute atomic E-state index is 12.9. The molecule has 1 heterocycles. The number of carbonyl (C=O) groups is 2. The molecule has 9 heteroatoms. The van der Waals surface area contributed by atoms with Crippen molar-refractivity contribution in [1.29, 1.82) is 0 Å². The lowest BCUT2D eigenvalue weighted by molar-refractivity contribution is -0.121. The van der Waals surface area contributed by atoms with Gasteiger partial charge in [0.2, 0.25) is 15.9 Å². The number of carbonyl (C=O) groups excluding carboxylic acids is 2. The van der Waals surface area contributed by atoms with Crippen molar-refractivity contribution in [2.75, 3.05) is 6.54 Å². The van der Waals surface area contributed by atoms with E-state index in [-0.39, 0.29) is 29.4 Å². The maximum Gasteiger partial charge on any atom is 0.238 e. The largest absolute Gasteiger partial charge is 0.360 e. The van der Waals surface area contributed by atoms with Gasteiger partial charge in [0.05, 0.1) is 10.5 Å². The number of amides is 1. The van der Waals surface area contributed by atoms with Crippen molar-refractivity contribution < 1.29 is 22.5 Å². The summed E-state index contributed by atoms with van der Waals surface area (Å²) in [5.41, 5.74) is 2.80. The van der Waals surface area contributed by atoms with Crippen LogP contribution in [0.5, 0.6) is 0 Å². The summed E-state index contributed by atoms with van der Waals surface area (Å²) in [5.74, 6) is 0.179. The molecule has 2 aromatic carbocycles. The first-order chi connectivity index (χ1) is 15.2. The monoisotopic (exact) mass is 455 g/mol. The fraction of sp³-hybridized carbons (Fsp3) is 0.261. The number of hydrogen-bond donors (Lipinski definition) is 2. The quantitative estimate of drug-likeness (QED) is 0.475. The Morgan fingerprint density at radius 2 is 1.75 bits per heavy atom. The maximum atomic E-state index is 12.9. The molecule has 0 saturated heterocycles. The van der Waals surface area contributed by atoms with Gasteiger partial charge in [-0.05, 0) is 31.0 Å².